The Morgan fingerprint density at radius 1 is 0.520 bits per heavy atom. The Balaban J connectivity index is 1.49. The lowest BCUT2D eigenvalue weighted by molar-refractivity contribution is -0.285. The highest BCUT2D eigenvalue weighted by Gasteiger charge is 2.41. The molecule has 5 aromatic carbocycles. The molecule has 0 bridgehead atoms. The number of esters is 2. The molecule has 5 aromatic rings. The number of para-hydroxylation sites is 2. The first-order chi connectivity index (χ1) is 24.3. The van der Waals surface area contributed by atoms with E-state index in [-0.39, 0.29) is 24.3 Å². The molecule has 2 atom stereocenters. The maximum Gasteiger partial charge on any atom is 0.419 e. The van der Waals surface area contributed by atoms with E-state index in [4.69, 9.17) is 28.4 Å². The monoisotopic (exact) mass is 670 g/mol. The Labute approximate surface area is 292 Å². The topological polar surface area (TPSA) is 89.5 Å². The van der Waals surface area contributed by atoms with Crippen molar-refractivity contribution in [3.63, 3.8) is 0 Å². The molecule has 0 aliphatic heterocycles. The summed E-state index contributed by atoms with van der Waals surface area (Å²) in [5.74, 6) is -4.00. The van der Waals surface area contributed by atoms with Crippen molar-refractivity contribution in [3.8, 4) is 45.3 Å². The number of carbonyl (C=O) groups excluding carboxylic acids is 2. The van der Waals surface area contributed by atoms with E-state index >= 15 is 0 Å². The Bertz CT molecular complexity index is 1790. The van der Waals surface area contributed by atoms with Gasteiger partial charge < -0.3 is 28.4 Å². The highest BCUT2D eigenvalue weighted by atomic mass is 16.9. The molecule has 8 heteroatoms. The maximum absolute atomic E-state index is 12.7. The van der Waals surface area contributed by atoms with Crippen molar-refractivity contribution in [2.45, 2.75) is 38.6 Å². The van der Waals surface area contributed by atoms with E-state index in [1.807, 2.05) is 97.1 Å². The van der Waals surface area contributed by atoms with Crippen LogP contribution in [0, 0.1) is 0 Å². The van der Waals surface area contributed by atoms with Gasteiger partial charge in [-0.2, -0.15) is 0 Å². The summed E-state index contributed by atoms with van der Waals surface area (Å²) in [6, 6.07) is 40.6. The highest BCUT2D eigenvalue weighted by Crippen LogP contribution is 2.38. The van der Waals surface area contributed by atoms with Crippen LogP contribution in [0.4, 0.5) is 0 Å². The Hall–Kier alpha value is -6.28. The van der Waals surface area contributed by atoms with Gasteiger partial charge in [0, 0.05) is 29.3 Å². The minimum atomic E-state index is -1.91. The van der Waals surface area contributed by atoms with Crippen molar-refractivity contribution in [2.75, 3.05) is 0 Å². The molecule has 0 aliphatic carbocycles. The fourth-order valence-electron chi connectivity index (χ4n) is 5.07. The molecule has 0 amide bonds. The lowest BCUT2D eigenvalue weighted by Crippen LogP contribution is -2.46. The second-order valence-electron chi connectivity index (χ2n) is 10.9. The van der Waals surface area contributed by atoms with E-state index in [0.717, 1.165) is 34.4 Å². The summed E-state index contributed by atoms with van der Waals surface area (Å²) >= 11 is 0. The zero-order valence-electron chi connectivity index (χ0n) is 28.0. The van der Waals surface area contributed by atoms with Gasteiger partial charge in [-0.05, 0) is 35.4 Å². The number of hydrogen-bond acceptors (Lipinski definition) is 8. The van der Waals surface area contributed by atoms with E-state index in [0.29, 0.717) is 11.5 Å². The Morgan fingerprint density at radius 2 is 0.900 bits per heavy atom. The molecule has 0 spiro atoms. The molecule has 2 unspecified atom stereocenters. The predicted octanol–water partition coefficient (Wildman–Crippen LogP) is 9.52. The Morgan fingerprint density at radius 3 is 1.28 bits per heavy atom. The van der Waals surface area contributed by atoms with Crippen LogP contribution < -0.4 is 18.9 Å². The van der Waals surface area contributed by atoms with E-state index in [9.17, 15) is 9.59 Å². The second-order valence-corrected chi connectivity index (χ2v) is 10.9. The van der Waals surface area contributed by atoms with Gasteiger partial charge in [0.15, 0.2) is 0 Å². The average molecular weight is 671 g/mol. The number of hydrogen-bond donors (Lipinski definition) is 0. The van der Waals surface area contributed by atoms with E-state index < -0.39 is 23.9 Å². The largest absolute Gasteiger partial charge is 0.420 e. The third-order valence-corrected chi connectivity index (χ3v) is 7.54. The first-order valence-corrected chi connectivity index (χ1v) is 16.2. The molecule has 0 saturated heterocycles. The molecule has 8 nitrogen and oxygen atoms in total. The molecule has 5 rings (SSSR count). The van der Waals surface area contributed by atoms with Gasteiger partial charge in [0.2, 0.25) is 0 Å². The molecule has 0 N–H and O–H groups in total. The number of carbonyl (C=O) groups is 2. The van der Waals surface area contributed by atoms with Gasteiger partial charge in [-0.25, -0.2) is 9.59 Å². The van der Waals surface area contributed by atoms with Crippen LogP contribution in [0.15, 0.2) is 159 Å². The van der Waals surface area contributed by atoms with Gasteiger partial charge in [-0.1, -0.05) is 130 Å². The molecule has 0 saturated carbocycles. The average Bonchev–Trinajstić information content (AvgIpc) is 3.16. The van der Waals surface area contributed by atoms with Crippen molar-refractivity contribution in [1.29, 1.82) is 0 Å². The van der Waals surface area contributed by atoms with Gasteiger partial charge in [0.05, 0.1) is 12.8 Å². The molecule has 50 heavy (non-hydrogen) atoms. The number of benzene rings is 5. The summed E-state index contributed by atoms with van der Waals surface area (Å²) in [5.41, 5.74) is 3.34. The first kappa shape index (κ1) is 35.0. The van der Waals surface area contributed by atoms with E-state index in [1.54, 1.807) is 50.2 Å². The van der Waals surface area contributed by atoms with Crippen molar-refractivity contribution in [2.24, 2.45) is 0 Å². The van der Waals surface area contributed by atoms with E-state index in [2.05, 4.69) is 13.2 Å². The SMILES string of the molecule is C=CC(=O)OC(CC)(Oc1cccc(OC(CC)(OC(=O)C=C)Oc2ccccc2-c2ccccc2)c1)Oc1ccccc1-c1ccccc1. The summed E-state index contributed by atoms with van der Waals surface area (Å²) in [6.45, 7) is 10.6. The molecule has 0 radical (unpaired) electrons. The third kappa shape index (κ3) is 8.59. The maximum atomic E-state index is 12.7. The van der Waals surface area contributed by atoms with Crippen LogP contribution in [-0.4, -0.2) is 23.9 Å². The van der Waals surface area contributed by atoms with Gasteiger partial charge in [0.1, 0.15) is 23.0 Å². The quantitative estimate of drug-likeness (QED) is 0.0583. The van der Waals surface area contributed by atoms with Crippen molar-refractivity contribution in [3.05, 3.63) is 159 Å². The fourth-order valence-corrected chi connectivity index (χ4v) is 5.07. The second kappa shape index (κ2) is 16.2. The van der Waals surface area contributed by atoms with Crippen LogP contribution in [0.5, 0.6) is 23.0 Å². The zero-order chi connectivity index (χ0) is 35.4. The van der Waals surface area contributed by atoms with E-state index in [1.165, 1.54) is 0 Å². The lowest BCUT2D eigenvalue weighted by Gasteiger charge is -2.34. The van der Waals surface area contributed by atoms with Crippen LogP contribution in [0.1, 0.15) is 26.7 Å². The van der Waals surface area contributed by atoms with Gasteiger partial charge in [-0.3, -0.25) is 0 Å². The predicted molar refractivity (Wildman–Crippen MR) is 191 cm³/mol. The molecule has 0 heterocycles. The minimum Gasteiger partial charge on any atom is -0.420 e. The van der Waals surface area contributed by atoms with Crippen LogP contribution in [-0.2, 0) is 19.1 Å². The summed E-state index contributed by atoms with van der Waals surface area (Å²) in [7, 11) is 0. The van der Waals surface area contributed by atoms with Gasteiger partial charge in [0.25, 0.3) is 0 Å². The van der Waals surface area contributed by atoms with Crippen molar-refractivity contribution < 1.29 is 38.0 Å². The summed E-state index contributed by atoms with van der Waals surface area (Å²) in [4.78, 5) is 25.3. The summed E-state index contributed by atoms with van der Waals surface area (Å²) in [6.07, 6.45) is 2.26. The zero-order valence-corrected chi connectivity index (χ0v) is 28.0. The van der Waals surface area contributed by atoms with Crippen LogP contribution in [0.25, 0.3) is 22.3 Å². The summed E-state index contributed by atoms with van der Waals surface area (Å²) in [5, 5.41) is 0. The van der Waals surface area contributed by atoms with Crippen LogP contribution in [0.3, 0.4) is 0 Å². The number of ether oxygens (including phenoxy) is 6. The third-order valence-electron chi connectivity index (χ3n) is 7.54. The van der Waals surface area contributed by atoms with Crippen LogP contribution >= 0.6 is 0 Å². The molecule has 0 aliphatic rings. The van der Waals surface area contributed by atoms with Gasteiger partial charge >= 0.3 is 23.9 Å². The lowest BCUT2D eigenvalue weighted by atomic mass is 10.0. The van der Waals surface area contributed by atoms with Crippen molar-refractivity contribution in [1.82, 2.24) is 0 Å². The molecule has 0 fully saturated rings. The Kier molecular flexibility index (Phi) is 11.4. The first-order valence-electron chi connectivity index (χ1n) is 16.2. The van der Waals surface area contributed by atoms with Gasteiger partial charge in [-0.15, -0.1) is 0 Å². The molecule has 0 aromatic heterocycles. The fraction of sp³-hybridized carbons (Fsp3) is 0.143. The minimum absolute atomic E-state index is 0.0933. The number of rotatable bonds is 16. The molecular weight excluding hydrogens is 632 g/mol. The van der Waals surface area contributed by atoms with Crippen molar-refractivity contribution >= 4 is 11.9 Å². The van der Waals surface area contributed by atoms with Crippen LogP contribution in [0.2, 0.25) is 0 Å². The smallest absolute Gasteiger partial charge is 0.419 e. The molecule has 254 valence electrons. The normalized spacial score (nSPS) is 13.0. The molecular formula is C42H38O8. The summed E-state index contributed by atoms with van der Waals surface area (Å²) < 4.78 is 37.0. The highest BCUT2D eigenvalue weighted by molar-refractivity contribution is 5.82. The standard InChI is InChI=1S/C42H38O8/c1-5-39(43)49-41(7-3,47-37-28-17-15-26-35(37)31-20-11-9-12-21-31)45-33-24-19-25-34(30-33)46-42(8-4,50-40(44)6-2)48-38-29-18-16-27-36(38)32-22-13-10-14-23-32/h5-6,9-30H,1-2,7-8H2,3-4H3.